The first-order valence-electron chi connectivity index (χ1n) is 8.62. The van der Waals surface area contributed by atoms with Crippen molar-refractivity contribution >= 4 is 27.3 Å². The zero-order chi connectivity index (χ0) is 19.4. The number of sulfonamides is 1. The van der Waals surface area contributed by atoms with Crippen molar-refractivity contribution < 1.29 is 17.9 Å². The van der Waals surface area contributed by atoms with E-state index in [0.717, 1.165) is 17.7 Å². The van der Waals surface area contributed by atoms with Gasteiger partial charge in [-0.15, -0.1) is 0 Å². The maximum Gasteiger partial charge on any atom is 0.256 e. The number of carbonyl (C=O) groups excluding carboxylic acids is 1. The number of amides is 1. The van der Waals surface area contributed by atoms with Gasteiger partial charge in [-0.05, 0) is 24.3 Å². The number of ether oxygens (including phenoxy) is 1. The molecule has 1 heterocycles. The van der Waals surface area contributed by atoms with Crippen LogP contribution >= 0.6 is 0 Å². The summed E-state index contributed by atoms with van der Waals surface area (Å²) < 4.78 is 30.8. The first-order valence-corrected chi connectivity index (χ1v) is 10.5. The molecule has 1 fully saturated rings. The van der Waals surface area contributed by atoms with Crippen LogP contribution in [0.1, 0.15) is 10.4 Å². The molecule has 2 aromatic rings. The quantitative estimate of drug-likeness (QED) is 0.847. The predicted molar refractivity (Wildman–Crippen MR) is 106 cm³/mol. The Morgan fingerprint density at radius 2 is 1.74 bits per heavy atom. The number of rotatable bonds is 5. The van der Waals surface area contributed by atoms with Gasteiger partial charge in [-0.2, -0.15) is 0 Å². The van der Waals surface area contributed by atoms with Gasteiger partial charge in [0, 0.05) is 37.9 Å². The number of benzene rings is 2. The fourth-order valence-electron chi connectivity index (χ4n) is 3.10. The molecule has 1 saturated heterocycles. The van der Waals surface area contributed by atoms with Gasteiger partial charge in [0.1, 0.15) is 5.75 Å². The number of para-hydroxylation sites is 1. The molecule has 0 unspecified atom stereocenters. The van der Waals surface area contributed by atoms with Crippen LogP contribution in [-0.2, 0) is 10.0 Å². The van der Waals surface area contributed by atoms with Crippen LogP contribution < -0.4 is 14.4 Å². The maximum atomic E-state index is 12.9. The first-order chi connectivity index (χ1) is 12.9. The Morgan fingerprint density at radius 1 is 1.04 bits per heavy atom. The maximum absolute atomic E-state index is 12.9. The zero-order valence-electron chi connectivity index (χ0n) is 15.4. The van der Waals surface area contributed by atoms with Crippen molar-refractivity contribution in [1.82, 2.24) is 4.90 Å². The van der Waals surface area contributed by atoms with Crippen molar-refractivity contribution in [3.8, 4) is 5.75 Å². The lowest BCUT2D eigenvalue weighted by Crippen LogP contribution is -2.49. The number of carbonyl (C=O) groups is 1. The van der Waals surface area contributed by atoms with E-state index in [0.29, 0.717) is 37.4 Å². The van der Waals surface area contributed by atoms with E-state index in [4.69, 9.17) is 4.74 Å². The minimum atomic E-state index is -3.46. The highest BCUT2D eigenvalue weighted by atomic mass is 32.2. The summed E-state index contributed by atoms with van der Waals surface area (Å²) in [5, 5.41) is 0. The molecule has 0 atom stereocenters. The molecule has 27 heavy (non-hydrogen) atoms. The van der Waals surface area contributed by atoms with E-state index in [-0.39, 0.29) is 5.91 Å². The Kier molecular flexibility index (Phi) is 5.55. The van der Waals surface area contributed by atoms with Gasteiger partial charge in [0.2, 0.25) is 10.0 Å². The third-order valence-electron chi connectivity index (χ3n) is 4.44. The fourth-order valence-corrected chi connectivity index (χ4v) is 3.68. The Morgan fingerprint density at radius 3 is 2.41 bits per heavy atom. The van der Waals surface area contributed by atoms with E-state index < -0.39 is 10.0 Å². The molecule has 2 aromatic carbocycles. The molecular weight excluding hydrogens is 366 g/mol. The second-order valence-corrected chi connectivity index (χ2v) is 8.15. The van der Waals surface area contributed by atoms with Gasteiger partial charge in [-0.25, -0.2) is 8.42 Å². The molecule has 0 radical (unpaired) electrons. The minimum Gasteiger partial charge on any atom is -0.497 e. The molecule has 0 spiro atoms. The molecule has 0 bridgehead atoms. The SMILES string of the molecule is COc1cccc(N2CCN(C(=O)c3ccccc3NS(C)(=O)=O)CC2)c1. The summed E-state index contributed by atoms with van der Waals surface area (Å²) in [6, 6.07) is 14.5. The van der Waals surface area contributed by atoms with Crippen LogP contribution in [0.15, 0.2) is 48.5 Å². The summed E-state index contributed by atoms with van der Waals surface area (Å²) >= 11 is 0. The van der Waals surface area contributed by atoms with Crippen molar-refractivity contribution in [2.75, 3.05) is 49.2 Å². The molecule has 7 nitrogen and oxygen atoms in total. The van der Waals surface area contributed by atoms with Crippen molar-refractivity contribution in [2.45, 2.75) is 0 Å². The van der Waals surface area contributed by atoms with Crippen LogP contribution in [0.5, 0.6) is 5.75 Å². The highest BCUT2D eigenvalue weighted by molar-refractivity contribution is 7.92. The molecule has 1 amide bonds. The molecule has 0 aliphatic carbocycles. The summed E-state index contributed by atoms with van der Waals surface area (Å²) in [6.07, 6.45) is 1.07. The van der Waals surface area contributed by atoms with Crippen LogP contribution in [0.25, 0.3) is 0 Å². The lowest BCUT2D eigenvalue weighted by molar-refractivity contribution is 0.0748. The van der Waals surface area contributed by atoms with Crippen LogP contribution in [0.4, 0.5) is 11.4 Å². The molecule has 0 aromatic heterocycles. The topological polar surface area (TPSA) is 79.0 Å². The second-order valence-electron chi connectivity index (χ2n) is 6.40. The molecule has 0 saturated carbocycles. The van der Waals surface area contributed by atoms with Gasteiger partial charge < -0.3 is 14.5 Å². The third-order valence-corrected chi connectivity index (χ3v) is 5.03. The van der Waals surface area contributed by atoms with Gasteiger partial charge >= 0.3 is 0 Å². The number of hydrogen-bond acceptors (Lipinski definition) is 5. The normalized spacial score (nSPS) is 14.7. The fraction of sp³-hybridized carbons (Fsp3) is 0.316. The van der Waals surface area contributed by atoms with Gasteiger partial charge in [-0.3, -0.25) is 9.52 Å². The monoisotopic (exact) mass is 389 g/mol. The molecule has 8 heteroatoms. The summed E-state index contributed by atoms with van der Waals surface area (Å²) in [7, 11) is -1.82. The lowest BCUT2D eigenvalue weighted by Gasteiger charge is -2.36. The smallest absolute Gasteiger partial charge is 0.256 e. The zero-order valence-corrected chi connectivity index (χ0v) is 16.2. The highest BCUT2D eigenvalue weighted by Crippen LogP contribution is 2.24. The van der Waals surface area contributed by atoms with E-state index in [9.17, 15) is 13.2 Å². The van der Waals surface area contributed by atoms with E-state index >= 15 is 0 Å². The van der Waals surface area contributed by atoms with E-state index in [1.54, 1.807) is 36.3 Å². The second kappa shape index (κ2) is 7.87. The van der Waals surface area contributed by atoms with E-state index in [2.05, 4.69) is 9.62 Å². The van der Waals surface area contributed by atoms with Crippen LogP contribution in [0.3, 0.4) is 0 Å². The number of anilines is 2. The molecular formula is C19H23N3O4S. The summed E-state index contributed by atoms with van der Waals surface area (Å²) in [4.78, 5) is 16.9. The van der Waals surface area contributed by atoms with Gasteiger partial charge in [-0.1, -0.05) is 18.2 Å². The Hall–Kier alpha value is -2.74. The lowest BCUT2D eigenvalue weighted by atomic mass is 10.1. The Balaban J connectivity index is 1.70. The predicted octanol–water partition coefficient (Wildman–Crippen LogP) is 2.03. The van der Waals surface area contributed by atoms with E-state index in [1.165, 1.54) is 0 Å². The van der Waals surface area contributed by atoms with Crippen molar-refractivity contribution in [3.63, 3.8) is 0 Å². The summed E-state index contributed by atoms with van der Waals surface area (Å²) in [6.45, 7) is 2.51. The summed E-state index contributed by atoms with van der Waals surface area (Å²) in [5.41, 5.74) is 1.72. The summed E-state index contributed by atoms with van der Waals surface area (Å²) in [5.74, 6) is 0.624. The molecule has 1 N–H and O–H groups in total. The standard InChI is InChI=1S/C19H23N3O4S/c1-26-16-7-5-6-15(14-16)21-10-12-22(13-11-21)19(23)17-8-3-4-9-18(17)20-27(2,24)25/h3-9,14,20H,10-13H2,1-2H3. The Labute approximate surface area is 159 Å². The van der Waals surface area contributed by atoms with Crippen LogP contribution in [0, 0.1) is 0 Å². The Bertz CT molecular complexity index is 922. The molecule has 1 aliphatic heterocycles. The van der Waals surface area contributed by atoms with Gasteiger partial charge in [0.05, 0.1) is 24.6 Å². The molecule has 1 aliphatic rings. The van der Waals surface area contributed by atoms with Crippen molar-refractivity contribution in [3.05, 3.63) is 54.1 Å². The van der Waals surface area contributed by atoms with Crippen molar-refractivity contribution in [2.24, 2.45) is 0 Å². The molecule has 3 rings (SSSR count). The molecule has 144 valence electrons. The first kappa shape index (κ1) is 19.0. The van der Waals surface area contributed by atoms with E-state index in [1.807, 2.05) is 24.3 Å². The average molecular weight is 389 g/mol. The largest absolute Gasteiger partial charge is 0.497 e. The van der Waals surface area contributed by atoms with Crippen molar-refractivity contribution in [1.29, 1.82) is 0 Å². The van der Waals surface area contributed by atoms with Gasteiger partial charge in [0.25, 0.3) is 5.91 Å². The highest BCUT2D eigenvalue weighted by Gasteiger charge is 2.24. The van der Waals surface area contributed by atoms with Gasteiger partial charge in [0.15, 0.2) is 0 Å². The average Bonchev–Trinajstić information content (AvgIpc) is 2.67. The van der Waals surface area contributed by atoms with Crippen LogP contribution in [-0.4, -0.2) is 58.8 Å². The number of methoxy groups -OCH3 is 1. The van der Waals surface area contributed by atoms with Crippen LogP contribution in [0.2, 0.25) is 0 Å². The minimum absolute atomic E-state index is 0.174. The number of nitrogens with zero attached hydrogens (tertiary/aromatic N) is 2. The number of nitrogens with one attached hydrogen (secondary N) is 1. The number of piperazine rings is 1. The number of hydrogen-bond donors (Lipinski definition) is 1. The third kappa shape index (κ3) is 4.71.